The fraction of sp³-hybridized carbons (Fsp3) is 0.875. The molecule has 0 aromatic heterocycles. The minimum Gasteiger partial charge on any atom is -0.480 e. The highest BCUT2D eigenvalue weighted by Gasteiger charge is 2.22. The Kier molecular flexibility index (Phi) is 7.60. The molecule has 6 nitrogen and oxygen atoms in total. The minimum atomic E-state index is -3.10. The summed E-state index contributed by atoms with van der Waals surface area (Å²) in [5.41, 5.74) is 0. The van der Waals surface area contributed by atoms with E-state index in [0.29, 0.717) is 0 Å². The molecule has 1 N–H and O–H groups in total. The van der Waals surface area contributed by atoms with Gasteiger partial charge in [-0.05, 0) is 13.8 Å². The van der Waals surface area contributed by atoms with E-state index < -0.39 is 20.2 Å². The maximum absolute atomic E-state index is 11.8. The van der Waals surface area contributed by atoms with E-state index in [4.69, 9.17) is 18.9 Å². The van der Waals surface area contributed by atoms with Crippen molar-refractivity contribution in [2.24, 2.45) is 0 Å². The van der Waals surface area contributed by atoms with Crippen LogP contribution in [0.2, 0.25) is 0 Å². The van der Waals surface area contributed by atoms with Gasteiger partial charge in [-0.25, -0.2) is 4.79 Å². The zero-order valence-corrected chi connectivity index (χ0v) is 9.87. The Balaban J connectivity index is 3.85. The first-order chi connectivity index (χ1) is 7.04. The van der Waals surface area contributed by atoms with Crippen LogP contribution < -0.4 is 0 Å². The average Bonchev–Trinajstić information content (AvgIpc) is 2.13. The molecule has 0 atom stereocenters. The summed E-state index contributed by atoms with van der Waals surface area (Å²) in [6, 6.07) is 0. The van der Waals surface area contributed by atoms with Crippen molar-refractivity contribution in [1.82, 2.24) is 0 Å². The Morgan fingerprint density at radius 3 is 2.20 bits per heavy atom. The van der Waals surface area contributed by atoms with Crippen LogP contribution in [0.1, 0.15) is 13.8 Å². The zero-order valence-electron chi connectivity index (χ0n) is 8.97. The molecule has 0 radical (unpaired) electrons. The lowest BCUT2D eigenvalue weighted by atomic mass is 10.7. The third-order valence-electron chi connectivity index (χ3n) is 1.39. The highest BCUT2D eigenvalue weighted by Crippen LogP contribution is 2.47. The van der Waals surface area contributed by atoms with Gasteiger partial charge in [0.05, 0.1) is 26.0 Å². The molecule has 0 aromatic carbocycles. The summed E-state index contributed by atoms with van der Waals surface area (Å²) in [4.78, 5) is 10.1. The maximum Gasteiger partial charge on any atom is 0.332 e. The molecule has 0 saturated heterocycles. The molecule has 0 aliphatic carbocycles. The lowest BCUT2D eigenvalue weighted by Crippen LogP contribution is -2.11. The highest BCUT2D eigenvalue weighted by molar-refractivity contribution is 7.53. The van der Waals surface area contributed by atoms with Crippen LogP contribution in [0.15, 0.2) is 0 Å². The predicted octanol–water partition coefficient (Wildman–Crippen LogP) is 1.35. The third kappa shape index (κ3) is 7.50. The summed E-state index contributed by atoms with van der Waals surface area (Å²) in [6.07, 6.45) is 0.0714. The molecule has 0 unspecified atom stereocenters. The first-order valence-corrected chi connectivity index (χ1v) is 6.44. The molecule has 15 heavy (non-hydrogen) atoms. The number of hydrogen-bond acceptors (Lipinski definition) is 5. The van der Waals surface area contributed by atoms with Gasteiger partial charge in [0.1, 0.15) is 6.61 Å². The first kappa shape index (κ1) is 14.6. The van der Waals surface area contributed by atoms with Gasteiger partial charge >= 0.3 is 13.6 Å². The van der Waals surface area contributed by atoms with Crippen LogP contribution in [0.3, 0.4) is 0 Å². The standard InChI is InChI=1S/C8H17O6P/c1-3-13-15(11,14-4-2)6-5-12-7-8(9)10/h3-7H2,1-2H3,(H,9,10). The average molecular weight is 240 g/mol. The quantitative estimate of drug-likeness (QED) is 0.484. The molecule has 0 heterocycles. The maximum atomic E-state index is 11.8. The van der Waals surface area contributed by atoms with Gasteiger partial charge < -0.3 is 18.9 Å². The number of hydrogen-bond donors (Lipinski definition) is 1. The Bertz CT molecular complexity index is 219. The molecular formula is C8H17O6P. The lowest BCUT2D eigenvalue weighted by Gasteiger charge is -2.16. The van der Waals surface area contributed by atoms with Crippen LogP contribution >= 0.6 is 7.60 Å². The Morgan fingerprint density at radius 2 is 1.80 bits per heavy atom. The largest absolute Gasteiger partial charge is 0.480 e. The molecule has 0 rings (SSSR count). The van der Waals surface area contributed by atoms with Gasteiger partial charge in [0.2, 0.25) is 0 Å². The van der Waals surface area contributed by atoms with Gasteiger partial charge in [-0.2, -0.15) is 0 Å². The highest BCUT2D eigenvalue weighted by atomic mass is 31.2. The van der Waals surface area contributed by atoms with E-state index in [-0.39, 0.29) is 26.0 Å². The van der Waals surface area contributed by atoms with Crippen molar-refractivity contribution in [2.75, 3.05) is 32.6 Å². The fourth-order valence-electron chi connectivity index (χ4n) is 0.896. The molecule has 0 fully saturated rings. The van der Waals surface area contributed by atoms with Gasteiger partial charge in [0.25, 0.3) is 0 Å². The predicted molar refractivity (Wildman–Crippen MR) is 54.2 cm³/mol. The molecular weight excluding hydrogens is 223 g/mol. The van der Waals surface area contributed by atoms with Crippen molar-refractivity contribution in [3.8, 4) is 0 Å². The van der Waals surface area contributed by atoms with Crippen LogP contribution in [0.5, 0.6) is 0 Å². The number of aliphatic carboxylic acids is 1. The third-order valence-corrected chi connectivity index (χ3v) is 3.42. The van der Waals surface area contributed by atoms with Crippen molar-refractivity contribution < 1.29 is 28.3 Å². The van der Waals surface area contributed by atoms with Crippen molar-refractivity contribution in [3.63, 3.8) is 0 Å². The van der Waals surface area contributed by atoms with E-state index >= 15 is 0 Å². The van der Waals surface area contributed by atoms with Crippen molar-refractivity contribution in [1.29, 1.82) is 0 Å². The topological polar surface area (TPSA) is 82.1 Å². The summed E-state index contributed by atoms with van der Waals surface area (Å²) >= 11 is 0. The van der Waals surface area contributed by atoms with Crippen LogP contribution in [0, 0.1) is 0 Å². The number of carbonyl (C=O) groups is 1. The van der Waals surface area contributed by atoms with Crippen LogP contribution in [0.4, 0.5) is 0 Å². The lowest BCUT2D eigenvalue weighted by molar-refractivity contribution is -0.142. The van der Waals surface area contributed by atoms with Gasteiger partial charge in [-0.1, -0.05) is 0 Å². The molecule has 0 aliphatic heterocycles. The van der Waals surface area contributed by atoms with Gasteiger partial charge in [0, 0.05) is 0 Å². The van der Waals surface area contributed by atoms with E-state index in [9.17, 15) is 9.36 Å². The molecule has 0 saturated carbocycles. The second kappa shape index (κ2) is 7.82. The van der Waals surface area contributed by atoms with E-state index in [2.05, 4.69) is 0 Å². The molecule has 0 aliphatic rings. The van der Waals surface area contributed by atoms with Crippen LogP contribution in [-0.4, -0.2) is 43.7 Å². The summed E-state index contributed by atoms with van der Waals surface area (Å²) in [5.74, 6) is -1.06. The van der Waals surface area contributed by atoms with E-state index in [1.165, 1.54) is 0 Å². The molecule has 90 valence electrons. The first-order valence-electron chi connectivity index (χ1n) is 4.71. The summed E-state index contributed by atoms with van der Waals surface area (Å²) in [7, 11) is -3.10. The fourth-order valence-corrected chi connectivity index (χ4v) is 2.37. The normalized spacial score (nSPS) is 11.6. The molecule has 0 aromatic rings. The van der Waals surface area contributed by atoms with Crippen molar-refractivity contribution in [3.05, 3.63) is 0 Å². The molecule has 7 heteroatoms. The van der Waals surface area contributed by atoms with Crippen LogP contribution in [-0.2, 0) is 23.1 Å². The Labute approximate surface area is 89.1 Å². The molecule has 0 amide bonds. The number of carboxylic acid groups (broad SMARTS) is 1. The van der Waals surface area contributed by atoms with Crippen molar-refractivity contribution >= 4 is 13.6 Å². The van der Waals surface area contributed by atoms with Gasteiger partial charge in [-0.3, -0.25) is 4.57 Å². The summed E-state index contributed by atoms with van der Waals surface area (Å²) in [5, 5.41) is 8.29. The molecule has 0 bridgehead atoms. The van der Waals surface area contributed by atoms with E-state index in [1.807, 2.05) is 0 Å². The van der Waals surface area contributed by atoms with E-state index in [0.717, 1.165) is 0 Å². The smallest absolute Gasteiger partial charge is 0.332 e. The van der Waals surface area contributed by atoms with E-state index in [1.54, 1.807) is 13.8 Å². The number of rotatable bonds is 9. The van der Waals surface area contributed by atoms with Crippen LogP contribution in [0.25, 0.3) is 0 Å². The SMILES string of the molecule is CCOP(=O)(CCOCC(=O)O)OCC. The van der Waals surface area contributed by atoms with Gasteiger partial charge in [0.15, 0.2) is 0 Å². The van der Waals surface area contributed by atoms with Gasteiger partial charge in [-0.15, -0.1) is 0 Å². The second-order valence-corrected chi connectivity index (χ2v) is 4.80. The zero-order chi connectivity index (χ0) is 11.7. The Morgan fingerprint density at radius 1 is 1.27 bits per heavy atom. The summed E-state index contributed by atoms with van der Waals surface area (Å²) in [6.45, 7) is 3.64. The monoisotopic (exact) mass is 240 g/mol. The molecule has 0 spiro atoms. The summed E-state index contributed by atoms with van der Waals surface area (Å²) < 4.78 is 26.5. The Hall–Kier alpha value is -0.420. The van der Waals surface area contributed by atoms with Crippen molar-refractivity contribution in [2.45, 2.75) is 13.8 Å². The number of carboxylic acids is 1. The minimum absolute atomic E-state index is 0.0452. The number of ether oxygens (including phenoxy) is 1. The second-order valence-electron chi connectivity index (χ2n) is 2.62.